The van der Waals surface area contributed by atoms with Crippen molar-refractivity contribution in [2.45, 2.75) is 26.4 Å². The lowest BCUT2D eigenvalue weighted by molar-refractivity contribution is 0.425. The van der Waals surface area contributed by atoms with Crippen LogP contribution in [0.25, 0.3) is 0 Å². The lowest BCUT2D eigenvalue weighted by atomic mass is 10.2. The number of aryl methyl sites for hydroxylation is 2. The molecular formula is C12H16BrN3O. The molecule has 2 heterocycles. The minimum absolute atomic E-state index is 0.187. The first-order valence-electron chi connectivity index (χ1n) is 5.54. The van der Waals surface area contributed by atoms with Crippen molar-refractivity contribution < 1.29 is 4.42 Å². The van der Waals surface area contributed by atoms with Gasteiger partial charge in [0.15, 0.2) is 0 Å². The van der Waals surface area contributed by atoms with Gasteiger partial charge in [-0.1, -0.05) is 0 Å². The average molecular weight is 298 g/mol. The van der Waals surface area contributed by atoms with Crippen LogP contribution in [0.5, 0.6) is 0 Å². The van der Waals surface area contributed by atoms with Gasteiger partial charge in [-0.3, -0.25) is 4.68 Å². The van der Waals surface area contributed by atoms with Gasteiger partial charge in [-0.2, -0.15) is 5.10 Å². The summed E-state index contributed by atoms with van der Waals surface area (Å²) in [7, 11) is 1.95. The standard InChI is InChI=1S/C12H16BrN3O/c1-8(11-5-4-6-17-11)14-7-10-12(13)9(2)15-16(10)3/h4-6,8,14H,7H2,1-3H3/t8-/m1/s1. The normalized spacial score (nSPS) is 12.9. The third kappa shape index (κ3) is 2.61. The Labute approximate surface area is 109 Å². The van der Waals surface area contributed by atoms with Crippen LogP contribution in [0, 0.1) is 6.92 Å². The van der Waals surface area contributed by atoms with E-state index in [1.165, 1.54) is 0 Å². The van der Waals surface area contributed by atoms with E-state index >= 15 is 0 Å². The number of hydrogen-bond donors (Lipinski definition) is 1. The summed E-state index contributed by atoms with van der Waals surface area (Å²) in [6, 6.07) is 4.06. The first kappa shape index (κ1) is 12.4. The number of furan rings is 1. The highest BCUT2D eigenvalue weighted by atomic mass is 79.9. The fraction of sp³-hybridized carbons (Fsp3) is 0.417. The molecule has 0 amide bonds. The maximum atomic E-state index is 5.35. The van der Waals surface area contributed by atoms with Gasteiger partial charge in [0, 0.05) is 13.6 Å². The van der Waals surface area contributed by atoms with E-state index in [9.17, 15) is 0 Å². The second-order valence-corrected chi connectivity index (χ2v) is 4.88. The van der Waals surface area contributed by atoms with Crippen LogP contribution in [-0.4, -0.2) is 9.78 Å². The molecule has 2 aromatic heterocycles. The van der Waals surface area contributed by atoms with Crippen LogP contribution in [0.15, 0.2) is 27.3 Å². The number of nitrogens with zero attached hydrogens (tertiary/aromatic N) is 2. The maximum Gasteiger partial charge on any atom is 0.120 e. The summed E-state index contributed by atoms with van der Waals surface area (Å²) < 4.78 is 8.31. The molecule has 17 heavy (non-hydrogen) atoms. The zero-order chi connectivity index (χ0) is 12.4. The lowest BCUT2D eigenvalue weighted by Crippen LogP contribution is -2.19. The summed E-state index contributed by atoms with van der Waals surface area (Å²) >= 11 is 3.55. The van der Waals surface area contributed by atoms with Crippen molar-refractivity contribution in [1.29, 1.82) is 0 Å². The minimum atomic E-state index is 0.187. The summed E-state index contributed by atoms with van der Waals surface area (Å²) in [6.45, 7) is 4.82. The van der Waals surface area contributed by atoms with Crippen molar-refractivity contribution in [3.05, 3.63) is 40.0 Å². The third-order valence-electron chi connectivity index (χ3n) is 2.81. The SMILES string of the molecule is Cc1nn(C)c(CN[C@H](C)c2ccco2)c1Br. The van der Waals surface area contributed by atoms with E-state index in [1.807, 2.05) is 30.8 Å². The fourth-order valence-electron chi connectivity index (χ4n) is 1.76. The number of nitrogens with one attached hydrogen (secondary N) is 1. The Kier molecular flexibility index (Phi) is 3.69. The smallest absolute Gasteiger partial charge is 0.120 e. The predicted molar refractivity (Wildman–Crippen MR) is 69.6 cm³/mol. The summed E-state index contributed by atoms with van der Waals surface area (Å²) in [5.41, 5.74) is 2.15. The first-order valence-corrected chi connectivity index (χ1v) is 6.33. The van der Waals surface area contributed by atoms with Crippen LogP contribution in [-0.2, 0) is 13.6 Å². The zero-order valence-electron chi connectivity index (χ0n) is 10.2. The predicted octanol–water partition coefficient (Wildman–Crippen LogP) is 2.93. The number of aromatic nitrogens is 2. The van der Waals surface area contributed by atoms with E-state index in [0.717, 1.165) is 28.2 Å². The molecule has 1 N–H and O–H groups in total. The average Bonchev–Trinajstić information content (AvgIpc) is 2.88. The number of halogens is 1. The minimum Gasteiger partial charge on any atom is -0.468 e. The van der Waals surface area contributed by atoms with Crippen LogP contribution in [0.2, 0.25) is 0 Å². The highest BCUT2D eigenvalue weighted by molar-refractivity contribution is 9.10. The molecule has 0 spiro atoms. The third-order valence-corrected chi connectivity index (χ3v) is 3.84. The highest BCUT2D eigenvalue weighted by Gasteiger charge is 2.13. The van der Waals surface area contributed by atoms with Gasteiger partial charge in [0.1, 0.15) is 5.76 Å². The van der Waals surface area contributed by atoms with E-state index in [4.69, 9.17) is 4.42 Å². The monoisotopic (exact) mass is 297 g/mol. The van der Waals surface area contributed by atoms with Crippen LogP contribution < -0.4 is 5.32 Å². The molecule has 0 unspecified atom stereocenters. The molecule has 1 atom stereocenters. The van der Waals surface area contributed by atoms with Gasteiger partial charge in [-0.05, 0) is 41.9 Å². The maximum absolute atomic E-state index is 5.35. The molecule has 5 heteroatoms. The van der Waals surface area contributed by atoms with Crippen LogP contribution in [0.4, 0.5) is 0 Å². The quantitative estimate of drug-likeness (QED) is 0.943. The molecule has 0 aromatic carbocycles. The second kappa shape index (κ2) is 5.06. The molecule has 0 aliphatic heterocycles. The van der Waals surface area contributed by atoms with Crippen molar-refractivity contribution in [3.8, 4) is 0 Å². The molecule has 2 aromatic rings. The Morgan fingerprint density at radius 3 is 2.88 bits per heavy atom. The van der Waals surface area contributed by atoms with Gasteiger partial charge in [-0.15, -0.1) is 0 Å². The molecule has 0 aliphatic carbocycles. The molecule has 92 valence electrons. The van der Waals surface area contributed by atoms with Gasteiger partial charge in [0.05, 0.1) is 28.2 Å². The first-order chi connectivity index (χ1) is 8.09. The lowest BCUT2D eigenvalue weighted by Gasteiger charge is -2.11. The van der Waals surface area contributed by atoms with E-state index < -0.39 is 0 Å². The van der Waals surface area contributed by atoms with E-state index in [1.54, 1.807) is 6.26 Å². The van der Waals surface area contributed by atoms with Crippen molar-refractivity contribution in [2.24, 2.45) is 7.05 Å². The van der Waals surface area contributed by atoms with E-state index in [2.05, 4.69) is 33.3 Å². The van der Waals surface area contributed by atoms with Crippen molar-refractivity contribution >= 4 is 15.9 Å². The number of rotatable bonds is 4. The molecule has 0 fully saturated rings. The van der Waals surface area contributed by atoms with Crippen LogP contribution in [0.1, 0.15) is 30.1 Å². The van der Waals surface area contributed by atoms with Crippen LogP contribution in [0.3, 0.4) is 0 Å². The highest BCUT2D eigenvalue weighted by Crippen LogP contribution is 2.21. The summed E-state index contributed by atoms with van der Waals surface area (Å²) in [5, 5.41) is 7.77. The summed E-state index contributed by atoms with van der Waals surface area (Å²) in [5.74, 6) is 0.944. The Hall–Kier alpha value is -1.07. The largest absolute Gasteiger partial charge is 0.468 e. The van der Waals surface area contributed by atoms with Crippen LogP contribution >= 0.6 is 15.9 Å². The second-order valence-electron chi connectivity index (χ2n) is 4.09. The summed E-state index contributed by atoms with van der Waals surface area (Å²) in [4.78, 5) is 0. The van der Waals surface area contributed by atoms with E-state index in [0.29, 0.717) is 0 Å². The van der Waals surface area contributed by atoms with Crippen molar-refractivity contribution in [3.63, 3.8) is 0 Å². The van der Waals surface area contributed by atoms with Gasteiger partial charge in [0.2, 0.25) is 0 Å². The van der Waals surface area contributed by atoms with Gasteiger partial charge in [-0.25, -0.2) is 0 Å². The summed E-state index contributed by atoms with van der Waals surface area (Å²) in [6.07, 6.45) is 1.69. The Morgan fingerprint density at radius 2 is 2.35 bits per heavy atom. The van der Waals surface area contributed by atoms with Crippen molar-refractivity contribution in [2.75, 3.05) is 0 Å². The molecule has 0 aliphatic rings. The molecular weight excluding hydrogens is 282 g/mol. The Bertz CT molecular complexity index is 490. The zero-order valence-corrected chi connectivity index (χ0v) is 11.8. The fourth-order valence-corrected chi connectivity index (χ4v) is 2.24. The van der Waals surface area contributed by atoms with E-state index in [-0.39, 0.29) is 6.04 Å². The molecule has 2 rings (SSSR count). The molecule has 0 saturated heterocycles. The Morgan fingerprint density at radius 1 is 1.59 bits per heavy atom. The molecule has 0 saturated carbocycles. The molecule has 0 bridgehead atoms. The van der Waals surface area contributed by atoms with Crippen molar-refractivity contribution in [1.82, 2.24) is 15.1 Å². The molecule has 4 nitrogen and oxygen atoms in total. The van der Waals surface area contributed by atoms with Gasteiger partial charge < -0.3 is 9.73 Å². The van der Waals surface area contributed by atoms with Gasteiger partial charge in [0.25, 0.3) is 0 Å². The van der Waals surface area contributed by atoms with Gasteiger partial charge >= 0.3 is 0 Å². The Balaban J connectivity index is 2.03. The molecule has 0 radical (unpaired) electrons. The topological polar surface area (TPSA) is 43.0 Å². The number of hydrogen-bond acceptors (Lipinski definition) is 3.